The van der Waals surface area contributed by atoms with E-state index >= 15 is 0 Å². The average Bonchev–Trinajstić information content (AvgIpc) is 3.69. The molecule has 0 unspecified atom stereocenters. The van der Waals surface area contributed by atoms with Crippen LogP contribution in [0.25, 0.3) is 98.8 Å². The maximum Gasteiger partial charge on any atom is 0.135 e. The smallest absolute Gasteiger partial charge is 0.135 e. The molecule has 1 heteroatoms. The number of hydrogen-bond acceptors (Lipinski definition) is 1. The number of furan rings is 1. The Labute approximate surface area is 299 Å². The van der Waals surface area contributed by atoms with Crippen LogP contribution in [0.4, 0.5) is 0 Å². The van der Waals surface area contributed by atoms with Crippen molar-refractivity contribution in [3.8, 4) is 44.5 Å². The van der Waals surface area contributed by atoms with Crippen LogP contribution in [0.1, 0.15) is 15.1 Å². The third-order valence-corrected chi connectivity index (χ3v) is 9.18. The molecule has 0 amide bonds. The second-order valence-electron chi connectivity index (χ2n) is 12.0. The van der Waals surface area contributed by atoms with E-state index in [2.05, 4.69) is 48.5 Å². The van der Waals surface area contributed by atoms with Gasteiger partial charge in [-0.15, -0.1) is 0 Å². The minimum Gasteiger partial charge on any atom is -0.456 e. The molecule has 10 rings (SSSR count). The molecule has 0 aliphatic carbocycles. The van der Waals surface area contributed by atoms with Gasteiger partial charge in [-0.05, 0) is 113 Å². The first-order valence-corrected chi connectivity index (χ1v) is 15.9. The van der Waals surface area contributed by atoms with E-state index in [4.69, 9.17) is 14.0 Å². The van der Waals surface area contributed by atoms with Gasteiger partial charge in [-0.25, -0.2) is 0 Å². The van der Waals surface area contributed by atoms with Crippen molar-refractivity contribution in [2.24, 2.45) is 0 Å². The van der Waals surface area contributed by atoms with Crippen LogP contribution in [0, 0.1) is 0 Å². The highest BCUT2D eigenvalue weighted by atomic mass is 16.3. The van der Waals surface area contributed by atoms with Gasteiger partial charge in [0.2, 0.25) is 0 Å². The lowest BCUT2D eigenvalue weighted by Crippen LogP contribution is -1.91. The Hall–Kier alpha value is -6.44. The first-order chi connectivity index (χ1) is 28.9. The fraction of sp³-hybridized carbons (Fsp3) is 0. The Balaban J connectivity index is 1.27. The summed E-state index contributed by atoms with van der Waals surface area (Å²) in [5.74, 6) is 0. The van der Waals surface area contributed by atoms with Crippen LogP contribution >= 0.6 is 0 Å². The number of hydrogen-bond donors (Lipinski definition) is 0. The summed E-state index contributed by atoms with van der Waals surface area (Å²) >= 11 is 0. The molecule has 0 atom stereocenters. The summed E-state index contributed by atoms with van der Waals surface area (Å²) in [4.78, 5) is 0. The summed E-state index contributed by atoms with van der Waals surface area (Å²) in [7, 11) is 0. The molecule has 1 nitrogen and oxygen atoms in total. The second kappa shape index (κ2) is 11.1. The zero-order chi connectivity index (χ0) is 41.9. The number of rotatable bonds is 4. The quantitative estimate of drug-likeness (QED) is 0.176. The standard InChI is InChI=1S/C48H30O/c1-2-11-31(12-3-1)36-23-25-45-43(29-36)44-30-38(24-26-46(44)49-45)48-41-19-8-6-17-39(41)47(40-18-7-9-20-42(40)48)37-16-10-15-34(28-37)35-22-21-32-13-4-5-14-33(32)27-35/h1-30H/i1D,2D,3D,11D,12D,23D,24D,25D,26D,29D,30D. The van der Waals surface area contributed by atoms with Crippen molar-refractivity contribution >= 4 is 54.3 Å². The predicted octanol–water partition coefficient (Wildman–Crippen LogP) is 13.7. The van der Waals surface area contributed by atoms with Crippen LogP contribution in [-0.4, -0.2) is 0 Å². The van der Waals surface area contributed by atoms with E-state index in [0.29, 0.717) is 5.56 Å². The molecule has 0 fully saturated rings. The van der Waals surface area contributed by atoms with Crippen molar-refractivity contribution in [3.05, 3.63) is 182 Å². The summed E-state index contributed by atoms with van der Waals surface area (Å²) in [6, 6.07) is 32.7. The third-order valence-electron chi connectivity index (χ3n) is 9.18. The molecule has 10 aromatic rings. The topological polar surface area (TPSA) is 13.1 Å². The average molecular weight is 634 g/mol. The van der Waals surface area contributed by atoms with Gasteiger partial charge in [0.05, 0.1) is 15.1 Å². The zero-order valence-electron chi connectivity index (χ0n) is 36.9. The summed E-state index contributed by atoms with van der Waals surface area (Å²) in [5.41, 5.74) is 3.33. The van der Waals surface area contributed by atoms with Gasteiger partial charge in [0.1, 0.15) is 11.2 Å². The van der Waals surface area contributed by atoms with Crippen molar-refractivity contribution in [1.29, 1.82) is 0 Å². The van der Waals surface area contributed by atoms with Gasteiger partial charge in [0.15, 0.2) is 0 Å². The van der Waals surface area contributed by atoms with Gasteiger partial charge >= 0.3 is 0 Å². The van der Waals surface area contributed by atoms with Crippen LogP contribution < -0.4 is 0 Å². The van der Waals surface area contributed by atoms with Crippen LogP contribution in [0.15, 0.2) is 186 Å². The summed E-state index contributed by atoms with van der Waals surface area (Å²) < 4.78 is 104. The number of benzene rings is 9. The Morgan fingerprint density at radius 3 is 1.59 bits per heavy atom. The molecule has 0 radical (unpaired) electrons. The molecule has 0 saturated heterocycles. The highest BCUT2D eigenvalue weighted by molar-refractivity contribution is 6.22. The van der Waals surface area contributed by atoms with Gasteiger partial charge in [0, 0.05) is 10.8 Å². The molecular formula is C48H30O. The van der Waals surface area contributed by atoms with E-state index < -0.39 is 53.9 Å². The maximum atomic E-state index is 9.83. The fourth-order valence-corrected chi connectivity index (χ4v) is 6.95. The van der Waals surface area contributed by atoms with Crippen molar-refractivity contribution < 1.29 is 19.5 Å². The summed E-state index contributed by atoms with van der Waals surface area (Å²) in [5, 5.41) is 5.25. The largest absolute Gasteiger partial charge is 0.456 e. The van der Waals surface area contributed by atoms with E-state index in [1.165, 1.54) is 0 Å². The molecule has 0 spiro atoms. The maximum absolute atomic E-state index is 9.83. The van der Waals surface area contributed by atoms with E-state index in [1.807, 2.05) is 66.7 Å². The highest BCUT2D eigenvalue weighted by Crippen LogP contribution is 2.45. The molecule has 0 aliphatic heterocycles. The molecule has 1 aromatic heterocycles. The molecule has 0 aliphatic rings. The Kier molecular flexibility index (Phi) is 4.25. The Morgan fingerprint density at radius 2 is 0.898 bits per heavy atom. The van der Waals surface area contributed by atoms with Gasteiger partial charge in [-0.1, -0.05) is 145 Å². The molecule has 49 heavy (non-hydrogen) atoms. The monoisotopic (exact) mass is 633 g/mol. The fourth-order valence-electron chi connectivity index (χ4n) is 6.95. The second-order valence-corrected chi connectivity index (χ2v) is 12.0. The lowest BCUT2D eigenvalue weighted by Gasteiger charge is -2.18. The van der Waals surface area contributed by atoms with Crippen molar-refractivity contribution in [2.45, 2.75) is 0 Å². The van der Waals surface area contributed by atoms with Gasteiger partial charge in [-0.2, -0.15) is 0 Å². The Morgan fingerprint density at radius 1 is 0.347 bits per heavy atom. The normalized spacial score (nSPS) is 14.8. The van der Waals surface area contributed by atoms with Crippen LogP contribution in [0.3, 0.4) is 0 Å². The molecule has 9 aromatic carbocycles. The van der Waals surface area contributed by atoms with Crippen LogP contribution in [-0.2, 0) is 0 Å². The molecule has 0 N–H and O–H groups in total. The zero-order valence-corrected chi connectivity index (χ0v) is 25.9. The highest BCUT2D eigenvalue weighted by Gasteiger charge is 2.18. The lowest BCUT2D eigenvalue weighted by molar-refractivity contribution is 0.669. The van der Waals surface area contributed by atoms with Crippen molar-refractivity contribution in [2.75, 3.05) is 0 Å². The van der Waals surface area contributed by atoms with Gasteiger partial charge in [0.25, 0.3) is 0 Å². The predicted molar refractivity (Wildman–Crippen MR) is 208 cm³/mol. The lowest BCUT2D eigenvalue weighted by atomic mass is 9.85. The van der Waals surface area contributed by atoms with E-state index in [1.54, 1.807) is 0 Å². The minimum absolute atomic E-state index is 0.0477. The van der Waals surface area contributed by atoms with Gasteiger partial charge in [-0.3, -0.25) is 0 Å². The minimum atomic E-state index is -0.660. The summed E-state index contributed by atoms with van der Waals surface area (Å²) in [6.07, 6.45) is 0. The molecule has 228 valence electrons. The van der Waals surface area contributed by atoms with E-state index in [0.717, 1.165) is 54.6 Å². The first-order valence-electron chi connectivity index (χ1n) is 21.4. The molecule has 0 bridgehead atoms. The van der Waals surface area contributed by atoms with E-state index in [-0.39, 0.29) is 51.2 Å². The van der Waals surface area contributed by atoms with Crippen LogP contribution in [0.2, 0.25) is 0 Å². The first kappa shape index (κ1) is 18.8. The van der Waals surface area contributed by atoms with Gasteiger partial charge < -0.3 is 4.42 Å². The van der Waals surface area contributed by atoms with Crippen molar-refractivity contribution in [1.82, 2.24) is 0 Å². The van der Waals surface area contributed by atoms with Crippen molar-refractivity contribution in [3.63, 3.8) is 0 Å². The number of fused-ring (bicyclic) bond motifs is 6. The SMILES string of the molecule is [2H]c1c([2H])c([2H])c(-c2c([2H])c([2H])c3oc4c([2H])c([2H])c(-c5c6ccccc6c(-c6cccc(-c7ccc8ccccc8c7)c6)c6ccccc56)c([2H])c4c3c2[2H])c([2H])c1[2H]. The Bertz CT molecular complexity index is 3430. The third kappa shape index (κ3) is 4.55. The summed E-state index contributed by atoms with van der Waals surface area (Å²) in [6.45, 7) is 0. The molecule has 0 saturated carbocycles. The molecular weight excluding hydrogens is 593 g/mol. The molecule has 1 heterocycles. The van der Waals surface area contributed by atoms with E-state index in [9.17, 15) is 5.48 Å². The van der Waals surface area contributed by atoms with Crippen LogP contribution in [0.5, 0.6) is 0 Å².